The van der Waals surface area contributed by atoms with E-state index < -0.39 is 5.82 Å². The number of aromatic nitrogens is 1. The number of ether oxygens (including phenoxy) is 1. The Morgan fingerprint density at radius 3 is 2.84 bits per heavy atom. The molecule has 0 radical (unpaired) electrons. The van der Waals surface area contributed by atoms with Gasteiger partial charge in [0.2, 0.25) is 5.91 Å². The third kappa shape index (κ3) is 4.46. The van der Waals surface area contributed by atoms with E-state index in [4.69, 9.17) is 16.3 Å². The first kappa shape index (κ1) is 17.6. The molecule has 3 rings (SSSR count). The van der Waals surface area contributed by atoms with E-state index in [2.05, 4.69) is 15.2 Å². The molecule has 1 aromatic heterocycles. The Morgan fingerprint density at radius 2 is 2.08 bits per heavy atom. The normalized spacial score (nSPS) is 14.4. The van der Waals surface area contributed by atoms with Crippen LogP contribution in [-0.2, 0) is 22.5 Å². The van der Waals surface area contributed by atoms with Gasteiger partial charge in [-0.05, 0) is 18.2 Å². The van der Waals surface area contributed by atoms with Crippen LogP contribution in [0.2, 0.25) is 5.02 Å². The van der Waals surface area contributed by atoms with E-state index in [1.165, 1.54) is 12.1 Å². The lowest BCUT2D eigenvalue weighted by molar-refractivity contribution is -0.120. The van der Waals surface area contributed by atoms with E-state index in [1.54, 1.807) is 12.3 Å². The molecule has 0 atom stereocenters. The second kappa shape index (κ2) is 8.27. The molecule has 1 aliphatic heterocycles. The molecule has 1 aliphatic rings. The molecule has 5 nitrogen and oxygen atoms in total. The molecule has 1 N–H and O–H groups in total. The first-order valence-corrected chi connectivity index (χ1v) is 8.49. The van der Waals surface area contributed by atoms with Gasteiger partial charge in [0, 0.05) is 42.0 Å². The van der Waals surface area contributed by atoms with Gasteiger partial charge in [-0.1, -0.05) is 23.7 Å². The van der Waals surface area contributed by atoms with Crippen molar-refractivity contribution in [3.63, 3.8) is 0 Å². The number of pyridine rings is 1. The highest BCUT2D eigenvalue weighted by Gasteiger charge is 2.17. The number of nitrogens with one attached hydrogen (secondary N) is 1. The fourth-order valence-electron chi connectivity index (χ4n) is 2.75. The molecule has 0 aliphatic carbocycles. The summed E-state index contributed by atoms with van der Waals surface area (Å²) < 4.78 is 19.1. The topological polar surface area (TPSA) is 54.5 Å². The Balaban J connectivity index is 1.64. The standard InChI is InChI=1S/C18H19ClFN3O2/c19-15-4-1-5-16(20)14(15)11-17(24)22-12-13-3-2-6-21-18(13)23-7-9-25-10-8-23/h1-6H,7-12H2,(H,22,24). The van der Waals surface area contributed by atoms with Crippen molar-refractivity contribution in [3.8, 4) is 0 Å². The SMILES string of the molecule is O=C(Cc1c(F)cccc1Cl)NCc1cccnc1N1CCOCC1. The van der Waals surface area contributed by atoms with Gasteiger partial charge < -0.3 is 15.0 Å². The van der Waals surface area contributed by atoms with E-state index in [1.807, 2.05) is 12.1 Å². The summed E-state index contributed by atoms with van der Waals surface area (Å²) >= 11 is 5.97. The van der Waals surface area contributed by atoms with Crippen molar-refractivity contribution in [2.24, 2.45) is 0 Å². The van der Waals surface area contributed by atoms with Crippen molar-refractivity contribution in [2.45, 2.75) is 13.0 Å². The molecule has 1 fully saturated rings. The zero-order valence-electron chi connectivity index (χ0n) is 13.7. The number of benzene rings is 1. The lowest BCUT2D eigenvalue weighted by atomic mass is 10.1. The predicted octanol–water partition coefficient (Wildman–Crippen LogP) is 2.57. The monoisotopic (exact) mass is 363 g/mol. The number of halogens is 2. The molecular formula is C18H19ClFN3O2. The zero-order chi connectivity index (χ0) is 17.6. The first-order chi connectivity index (χ1) is 12.1. The molecule has 0 spiro atoms. The number of rotatable bonds is 5. The Morgan fingerprint density at radius 1 is 1.28 bits per heavy atom. The lowest BCUT2D eigenvalue weighted by Gasteiger charge is -2.29. The largest absolute Gasteiger partial charge is 0.378 e. The maximum atomic E-state index is 13.8. The highest BCUT2D eigenvalue weighted by molar-refractivity contribution is 6.31. The van der Waals surface area contributed by atoms with Crippen LogP contribution in [0.15, 0.2) is 36.5 Å². The third-order valence-corrected chi connectivity index (χ3v) is 4.41. The van der Waals surface area contributed by atoms with Gasteiger partial charge in [-0.2, -0.15) is 0 Å². The number of carbonyl (C=O) groups excluding carboxylic acids is 1. The maximum Gasteiger partial charge on any atom is 0.224 e. The minimum Gasteiger partial charge on any atom is -0.378 e. The van der Waals surface area contributed by atoms with Crippen LogP contribution in [0.4, 0.5) is 10.2 Å². The van der Waals surface area contributed by atoms with Crippen molar-refractivity contribution < 1.29 is 13.9 Å². The average Bonchev–Trinajstić information content (AvgIpc) is 2.64. The lowest BCUT2D eigenvalue weighted by Crippen LogP contribution is -2.38. The molecular weight excluding hydrogens is 345 g/mol. The van der Waals surface area contributed by atoms with Gasteiger partial charge in [0.05, 0.1) is 19.6 Å². The van der Waals surface area contributed by atoms with Crippen molar-refractivity contribution in [3.05, 3.63) is 58.5 Å². The molecule has 1 amide bonds. The summed E-state index contributed by atoms with van der Waals surface area (Å²) in [6.07, 6.45) is 1.63. The highest BCUT2D eigenvalue weighted by Crippen LogP contribution is 2.20. The number of carbonyl (C=O) groups is 1. The summed E-state index contributed by atoms with van der Waals surface area (Å²) in [6.45, 7) is 3.18. The summed E-state index contributed by atoms with van der Waals surface area (Å²) in [5.41, 5.74) is 1.12. The van der Waals surface area contributed by atoms with Gasteiger partial charge >= 0.3 is 0 Å². The smallest absolute Gasteiger partial charge is 0.224 e. The van der Waals surface area contributed by atoms with Gasteiger partial charge in [0.15, 0.2) is 0 Å². The molecule has 25 heavy (non-hydrogen) atoms. The average molecular weight is 364 g/mol. The second-order valence-corrected chi connectivity index (χ2v) is 6.15. The predicted molar refractivity (Wildman–Crippen MR) is 94.2 cm³/mol. The Hall–Kier alpha value is -2.18. The van der Waals surface area contributed by atoms with Crippen LogP contribution in [0, 0.1) is 5.82 Å². The van der Waals surface area contributed by atoms with Gasteiger partial charge in [-0.25, -0.2) is 9.37 Å². The van der Waals surface area contributed by atoms with E-state index in [0.717, 1.165) is 24.5 Å². The zero-order valence-corrected chi connectivity index (χ0v) is 14.4. The van der Waals surface area contributed by atoms with E-state index in [9.17, 15) is 9.18 Å². The number of amides is 1. The van der Waals surface area contributed by atoms with Crippen LogP contribution in [0.3, 0.4) is 0 Å². The molecule has 0 bridgehead atoms. The Kier molecular flexibility index (Phi) is 5.83. The second-order valence-electron chi connectivity index (χ2n) is 5.74. The van der Waals surface area contributed by atoms with E-state index in [-0.39, 0.29) is 22.9 Å². The summed E-state index contributed by atoms with van der Waals surface area (Å²) in [4.78, 5) is 18.8. The molecule has 1 aromatic carbocycles. The van der Waals surface area contributed by atoms with Crippen LogP contribution in [-0.4, -0.2) is 37.2 Å². The molecule has 1 saturated heterocycles. The molecule has 0 saturated carbocycles. The molecule has 2 aromatic rings. The van der Waals surface area contributed by atoms with E-state index in [0.29, 0.717) is 19.8 Å². The Bertz CT molecular complexity index is 731. The van der Waals surface area contributed by atoms with Crippen molar-refractivity contribution in [1.29, 1.82) is 0 Å². The minimum absolute atomic E-state index is 0.0986. The van der Waals surface area contributed by atoms with Crippen molar-refractivity contribution in [2.75, 3.05) is 31.2 Å². The fraction of sp³-hybridized carbons (Fsp3) is 0.333. The highest BCUT2D eigenvalue weighted by atomic mass is 35.5. The summed E-state index contributed by atoms with van der Waals surface area (Å²) in [7, 11) is 0. The van der Waals surface area contributed by atoms with E-state index >= 15 is 0 Å². The number of nitrogens with zero attached hydrogens (tertiary/aromatic N) is 2. The van der Waals surface area contributed by atoms with Gasteiger partial charge in [-0.15, -0.1) is 0 Å². The number of morpholine rings is 1. The summed E-state index contributed by atoms with van der Waals surface area (Å²) in [5, 5.41) is 3.07. The quantitative estimate of drug-likeness (QED) is 0.887. The number of hydrogen-bond acceptors (Lipinski definition) is 4. The van der Waals surface area contributed by atoms with Crippen LogP contribution >= 0.6 is 11.6 Å². The van der Waals surface area contributed by atoms with Gasteiger partial charge in [0.25, 0.3) is 0 Å². The third-order valence-electron chi connectivity index (χ3n) is 4.05. The summed E-state index contributed by atoms with van der Waals surface area (Å²) in [5.74, 6) is 0.0804. The first-order valence-electron chi connectivity index (χ1n) is 8.11. The molecule has 7 heteroatoms. The Labute approximate surface area is 150 Å². The summed E-state index contributed by atoms with van der Waals surface area (Å²) in [6, 6.07) is 8.15. The molecule has 2 heterocycles. The van der Waals surface area contributed by atoms with Crippen LogP contribution in [0.5, 0.6) is 0 Å². The van der Waals surface area contributed by atoms with Gasteiger partial charge in [-0.3, -0.25) is 4.79 Å². The van der Waals surface area contributed by atoms with Gasteiger partial charge in [0.1, 0.15) is 11.6 Å². The number of hydrogen-bond donors (Lipinski definition) is 1. The fourth-order valence-corrected chi connectivity index (χ4v) is 2.98. The number of anilines is 1. The van der Waals surface area contributed by atoms with Crippen LogP contribution < -0.4 is 10.2 Å². The minimum atomic E-state index is -0.474. The maximum absolute atomic E-state index is 13.8. The molecule has 0 unspecified atom stereocenters. The van der Waals surface area contributed by atoms with Crippen LogP contribution in [0.1, 0.15) is 11.1 Å². The van der Waals surface area contributed by atoms with Crippen LogP contribution in [0.25, 0.3) is 0 Å². The van der Waals surface area contributed by atoms with Crippen molar-refractivity contribution in [1.82, 2.24) is 10.3 Å². The van der Waals surface area contributed by atoms with Crippen molar-refractivity contribution >= 4 is 23.3 Å². The molecule has 132 valence electrons.